The third-order valence-corrected chi connectivity index (χ3v) is 2.71. The zero-order valence-corrected chi connectivity index (χ0v) is 8.94. The molecule has 0 radical (unpaired) electrons. The van der Waals surface area contributed by atoms with Gasteiger partial charge >= 0.3 is 0 Å². The van der Waals surface area contributed by atoms with E-state index in [0.29, 0.717) is 6.04 Å². The average Bonchev–Trinajstić information content (AvgIpc) is 2.04. The SMILES string of the molecule is CC(C)N(C)C1=CC=C(S)CC1. The first kappa shape index (κ1) is 9.72. The van der Waals surface area contributed by atoms with E-state index in [1.165, 1.54) is 10.6 Å². The van der Waals surface area contributed by atoms with Crippen LogP contribution >= 0.6 is 12.6 Å². The summed E-state index contributed by atoms with van der Waals surface area (Å²) in [6.07, 6.45) is 6.49. The first-order valence-corrected chi connectivity index (χ1v) is 4.87. The fraction of sp³-hybridized carbons (Fsp3) is 0.600. The highest BCUT2D eigenvalue weighted by molar-refractivity contribution is 7.84. The van der Waals surface area contributed by atoms with Crippen LogP contribution in [-0.2, 0) is 0 Å². The standard InChI is InChI=1S/C10H17NS/c1-8(2)11(3)9-4-6-10(12)7-5-9/h4,6,8,12H,5,7H2,1-3H3. The first-order chi connectivity index (χ1) is 5.61. The maximum Gasteiger partial charge on any atom is 0.0227 e. The summed E-state index contributed by atoms with van der Waals surface area (Å²) in [5, 5.41) is 0. The molecule has 0 amide bonds. The second-order valence-corrected chi connectivity index (χ2v) is 4.10. The van der Waals surface area contributed by atoms with E-state index < -0.39 is 0 Å². The lowest BCUT2D eigenvalue weighted by molar-refractivity contribution is 0.331. The van der Waals surface area contributed by atoms with Gasteiger partial charge in [-0.25, -0.2) is 0 Å². The van der Waals surface area contributed by atoms with Crippen molar-refractivity contribution in [2.24, 2.45) is 0 Å². The summed E-state index contributed by atoms with van der Waals surface area (Å²) in [7, 11) is 2.15. The Hall–Kier alpha value is -0.370. The van der Waals surface area contributed by atoms with Crippen LogP contribution in [0.3, 0.4) is 0 Å². The number of thiol groups is 1. The van der Waals surface area contributed by atoms with E-state index in [1.54, 1.807) is 0 Å². The van der Waals surface area contributed by atoms with Crippen molar-refractivity contribution in [2.45, 2.75) is 32.7 Å². The zero-order chi connectivity index (χ0) is 9.14. The maximum atomic E-state index is 4.32. The molecule has 0 aliphatic heterocycles. The molecule has 0 heterocycles. The second-order valence-electron chi connectivity index (χ2n) is 3.52. The van der Waals surface area contributed by atoms with Crippen molar-refractivity contribution in [1.82, 2.24) is 4.90 Å². The normalized spacial score (nSPS) is 17.4. The monoisotopic (exact) mass is 183 g/mol. The third-order valence-electron chi connectivity index (χ3n) is 2.33. The minimum atomic E-state index is 0.589. The summed E-state index contributed by atoms with van der Waals surface area (Å²) in [4.78, 5) is 3.51. The van der Waals surface area contributed by atoms with Crippen LogP contribution in [-0.4, -0.2) is 18.0 Å². The lowest BCUT2D eigenvalue weighted by Gasteiger charge is -2.28. The van der Waals surface area contributed by atoms with Crippen molar-refractivity contribution in [1.29, 1.82) is 0 Å². The van der Waals surface area contributed by atoms with Crippen LogP contribution in [0.15, 0.2) is 22.8 Å². The first-order valence-electron chi connectivity index (χ1n) is 4.43. The number of nitrogens with zero attached hydrogens (tertiary/aromatic N) is 1. The van der Waals surface area contributed by atoms with E-state index in [-0.39, 0.29) is 0 Å². The van der Waals surface area contributed by atoms with Gasteiger partial charge < -0.3 is 4.90 Å². The van der Waals surface area contributed by atoms with Gasteiger partial charge in [-0.15, -0.1) is 12.6 Å². The summed E-state index contributed by atoms with van der Waals surface area (Å²) < 4.78 is 0. The van der Waals surface area contributed by atoms with Crippen LogP contribution in [0, 0.1) is 0 Å². The molecule has 68 valence electrons. The van der Waals surface area contributed by atoms with Gasteiger partial charge in [0.15, 0.2) is 0 Å². The number of hydrogen-bond donors (Lipinski definition) is 1. The fourth-order valence-electron chi connectivity index (χ4n) is 1.24. The van der Waals surface area contributed by atoms with E-state index in [0.717, 1.165) is 12.8 Å². The van der Waals surface area contributed by atoms with Gasteiger partial charge in [-0.3, -0.25) is 0 Å². The van der Waals surface area contributed by atoms with Crippen LogP contribution in [0.2, 0.25) is 0 Å². The Morgan fingerprint density at radius 1 is 1.33 bits per heavy atom. The van der Waals surface area contributed by atoms with Gasteiger partial charge in [-0.2, -0.15) is 0 Å². The molecule has 1 aliphatic rings. The topological polar surface area (TPSA) is 3.24 Å². The predicted octanol–water partition coefficient (Wildman–Crippen LogP) is 2.82. The van der Waals surface area contributed by atoms with Crippen molar-refractivity contribution < 1.29 is 0 Å². The van der Waals surface area contributed by atoms with E-state index in [9.17, 15) is 0 Å². The van der Waals surface area contributed by atoms with Gasteiger partial charge in [0.25, 0.3) is 0 Å². The highest BCUT2D eigenvalue weighted by atomic mass is 32.1. The Labute approximate surface area is 80.6 Å². The maximum absolute atomic E-state index is 4.32. The van der Waals surface area contributed by atoms with Gasteiger partial charge in [0.2, 0.25) is 0 Å². The molecule has 0 saturated carbocycles. The summed E-state index contributed by atoms with van der Waals surface area (Å²) in [5.41, 5.74) is 1.42. The van der Waals surface area contributed by atoms with Crippen LogP contribution in [0.4, 0.5) is 0 Å². The molecule has 0 bridgehead atoms. The van der Waals surface area contributed by atoms with E-state index in [1.807, 2.05) is 0 Å². The van der Waals surface area contributed by atoms with Gasteiger partial charge in [-0.05, 0) is 37.7 Å². The minimum Gasteiger partial charge on any atom is -0.375 e. The Kier molecular flexibility index (Phi) is 3.27. The number of rotatable bonds is 2. The minimum absolute atomic E-state index is 0.589. The van der Waals surface area contributed by atoms with Crippen LogP contribution < -0.4 is 0 Å². The summed E-state index contributed by atoms with van der Waals surface area (Å²) in [5.74, 6) is 0. The lowest BCUT2D eigenvalue weighted by Crippen LogP contribution is -2.26. The molecular weight excluding hydrogens is 166 g/mol. The lowest BCUT2D eigenvalue weighted by atomic mass is 10.1. The smallest absolute Gasteiger partial charge is 0.0227 e. The zero-order valence-electron chi connectivity index (χ0n) is 8.04. The second kappa shape index (κ2) is 4.04. The molecule has 0 atom stereocenters. The molecule has 0 saturated heterocycles. The van der Waals surface area contributed by atoms with E-state index >= 15 is 0 Å². The summed E-state index contributed by atoms with van der Waals surface area (Å²) in [6.45, 7) is 4.42. The third kappa shape index (κ3) is 2.31. The van der Waals surface area contributed by atoms with Crippen LogP contribution in [0.25, 0.3) is 0 Å². The number of allylic oxidation sites excluding steroid dienone is 4. The van der Waals surface area contributed by atoms with Gasteiger partial charge in [-0.1, -0.05) is 6.08 Å². The van der Waals surface area contributed by atoms with Crippen molar-refractivity contribution >= 4 is 12.6 Å². The van der Waals surface area contributed by atoms with Crippen LogP contribution in [0.1, 0.15) is 26.7 Å². The molecule has 2 heteroatoms. The molecular formula is C10H17NS. The van der Waals surface area contributed by atoms with Gasteiger partial charge in [0, 0.05) is 18.8 Å². The molecule has 1 aliphatic carbocycles. The van der Waals surface area contributed by atoms with Gasteiger partial charge in [0.1, 0.15) is 0 Å². The molecule has 0 fully saturated rings. The molecule has 1 nitrogen and oxygen atoms in total. The average molecular weight is 183 g/mol. The molecule has 0 aromatic heterocycles. The molecule has 1 rings (SSSR count). The Morgan fingerprint density at radius 2 is 2.00 bits per heavy atom. The summed E-state index contributed by atoms with van der Waals surface area (Å²) in [6, 6.07) is 0.589. The highest BCUT2D eigenvalue weighted by Crippen LogP contribution is 2.23. The Bertz CT molecular complexity index is 216. The fourth-order valence-corrected chi connectivity index (χ4v) is 1.43. The van der Waals surface area contributed by atoms with E-state index in [2.05, 4.69) is 50.6 Å². The Morgan fingerprint density at radius 3 is 2.42 bits per heavy atom. The van der Waals surface area contributed by atoms with Gasteiger partial charge in [0.05, 0.1) is 0 Å². The highest BCUT2D eigenvalue weighted by Gasteiger charge is 2.10. The molecule has 0 aromatic carbocycles. The quantitative estimate of drug-likeness (QED) is 0.644. The predicted molar refractivity (Wildman–Crippen MR) is 57.3 cm³/mol. The molecule has 0 aromatic rings. The number of hydrogen-bond acceptors (Lipinski definition) is 2. The molecule has 0 N–H and O–H groups in total. The van der Waals surface area contributed by atoms with Crippen LogP contribution in [0.5, 0.6) is 0 Å². The largest absolute Gasteiger partial charge is 0.375 e. The van der Waals surface area contributed by atoms with Crippen molar-refractivity contribution in [2.75, 3.05) is 7.05 Å². The summed E-state index contributed by atoms with van der Waals surface area (Å²) >= 11 is 4.32. The van der Waals surface area contributed by atoms with Crippen molar-refractivity contribution in [3.63, 3.8) is 0 Å². The van der Waals surface area contributed by atoms with Crippen molar-refractivity contribution in [3.05, 3.63) is 22.8 Å². The Balaban J connectivity index is 2.65. The van der Waals surface area contributed by atoms with E-state index in [4.69, 9.17) is 0 Å². The molecule has 12 heavy (non-hydrogen) atoms. The molecule has 0 unspecified atom stereocenters. The molecule has 0 spiro atoms. The van der Waals surface area contributed by atoms with Crippen molar-refractivity contribution in [3.8, 4) is 0 Å².